The van der Waals surface area contributed by atoms with Gasteiger partial charge in [0.15, 0.2) is 5.96 Å². The van der Waals surface area contributed by atoms with Crippen LogP contribution in [0, 0.1) is 20.8 Å². The first kappa shape index (κ1) is 19.3. The highest BCUT2D eigenvalue weighted by Gasteiger charge is 2.13. The summed E-state index contributed by atoms with van der Waals surface area (Å²) in [6.07, 6.45) is 0. The van der Waals surface area contributed by atoms with E-state index < -0.39 is 0 Å². The van der Waals surface area contributed by atoms with E-state index in [1.165, 1.54) is 11.1 Å². The Kier molecular flexibility index (Phi) is 6.86. The van der Waals surface area contributed by atoms with Crippen molar-refractivity contribution in [2.75, 3.05) is 12.4 Å². The number of halogens is 1. The van der Waals surface area contributed by atoms with Crippen molar-refractivity contribution >= 4 is 35.6 Å². The molecule has 0 unspecified atom stereocenters. The average Bonchev–Trinajstić information content (AvgIpc) is 2.68. The molecule has 0 spiro atoms. The van der Waals surface area contributed by atoms with Crippen molar-refractivity contribution in [3.05, 3.63) is 40.6 Å². The van der Waals surface area contributed by atoms with Crippen molar-refractivity contribution in [3.63, 3.8) is 0 Å². The molecule has 2 rings (SSSR count). The van der Waals surface area contributed by atoms with Crippen molar-refractivity contribution in [1.29, 1.82) is 0 Å². The van der Waals surface area contributed by atoms with Crippen LogP contribution in [0.1, 0.15) is 22.4 Å². The third kappa shape index (κ3) is 4.85. The van der Waals surface area contributed by atoms with Gasteiger partial charge in [0, 0.05) is 12.7 Å². The van der Waals surface area contributed by atoms with Crippen LogP contribution in [0.3, 0.4) is 0 Å². The zero-order valence-corrected chi connectivity index (χ0v) is 16.5. The van der Waals surface area contributed by atoms with Gasteiger partial charge in [0.2, 0.25) is 5.88 Å². The third-order valence-corrected chi connectivity index (χ3v) is 3.38. The van der Waals surface area contributed by atoms with Gasteiger partial charge in [-0.05, 0) is 44.0 Å². The number of hydrogen-bond donors (Lipinski definition) is 2. The van der Waals surface area contributed by atoms with Gasteiger partial charge in [-0.2, -0.15) is 5.10 Å². The fraction of sp³-hybridized carbons (Fsp3) is 0.375. The summed E-state index contributed by atoms with van der Waals surface area (Å²) in [7, 11) is 3.47. The molecule has 0 aliphatic heterocycles. The van der Waals surface area contributed by atoms with Crippen LogP contribution in [0.5, 0.6) is 5.88 Å². The molecule has 0 amide bonds. The second-order valence-corrected chi connectivity index (χ2v) is 5.40. The van der Waals surface area contributed by atoms with Crippen LogP contribution < -0.4 is 15.8 Å². The maximum Gasteiger partial charge on any atom is 0.216 e. The normalized spacial score (nSPS) is 11.1. The van der Waals surface area contributed by atoms with Crippen molar-refractivity contribution in [2.45, 2.75) is 27.3 Å². The molecule has 6 nitrogen and oxygen atoms in total. The van der Waals surface area contributed by atoms with E-state index in [4.69, 9.17) is 10.5 Å². The van der Waals surface area contributed by atoms with E-state index in [1.807, 2.05) is 26.1 Å². The molecule has 1 aromatic heterocycles. The zero-order chi connectivity index (χ0) is 16.3. The molecule has 7 heteroatoms. The number of aliphatic imine (C=N–C) groups is 1. The molecule has 0 radical (unpaired) electrons. The second-order valence-electron chi connectivity index (χ2n) is 5.40. The van der Waals surface area contributed by atoms with E-state index in [0.29, 0.717) is 18.4 Å². The smallest absolute Gasteiger partial charge is 0.216 e. The Morgan fingerprint density at radius 3 is 2.43 bits per heavy atom. The lowest BCUT2D eigenvalue weighted by atomic mass is 10.1. The van der Waals surface area contributed by atoms with Gasteiger partial charge >= 0.3 is 0 Å². The number of benzene rings is 1. The van der Waals surface area contributed by atoms with Gasteiger partial charge in [0.05, 0.1) is 24.9 Å². The van der Waals surface area contributed by atoms with E-state index in [-0.39, 0.29) is 24.0 Å². The number of anilines is 1. The Bertz CT molecular complexity index is 688. The second kappa shape index (κ2) is 8.19. The number of guanidine groups is 1. The number of nitrogens with zero attached hydrogens (tertiary/aromatic N) is 3. The monoisotopic (exact) mass is 429 g/mol. The molecule has 0 bridgehead atoms. The minimum absolute atomic E-state index is 0. The largest absolute Gasteiger partial charge is 0.481 e. The van der Waals surface area contributed by atoms with Gasteiger partial charge in [-0.1, -0.05) is 6.07 Å². The van der Waals surface area contributed by atoms with Crippen LogP contribution in [0.2, 0.25) is 0 Å². The van der Waals surface area contributed by atoms with Crippen LogP contribution in [-0.2, 0) is 13.6 Å². The minimum atomic E-state index is 0. The molecule has 0 atom stereocenters. The lowest BCUT2D eigenvalue weighted by Gasteiger charge is -2.08. The minimum Gasteiger partial charge on any atom is -0.481 e. The van der Waals surface area contributed by atoms with E-state index in [2.05, 4.69) is 35.3 Å². The van der Waals surface area contributed by atoms with Crippen LogP contribution in [0.4, 0.5) is 5.69 Å². The number of aromatic nitrogens is 2. The molecule has 1 aromatic carbocycles. The lowest BCUT2D eigenvalue weighted by molar-refractivity contribution is 0.369. The van der Waals surface area contributed by atoms with Gasteiger partial charge < -0.3 is 15.8 Å². The number of ether oxygens (including phenoxy) is 1. The molecule has 0 fully saturated rings. The molecule has 23 heavy (non-hydrogen) atoms. The summed E-state index contributed by atoms with van der Waals surface area (Å²) in [5, 5.41) is 7.45. The Labute approximate surface area is 154 Å². The van der Waals surface area contributed by atoms with E-state index >= 15 is 0 Å². The summed E-state index contributed by atoms with van der Waals surface area (Å²) in [5.41, 5.74) is 11.1. The van der Waals surface area contributed by atoms with Gasteiger partial charge in [0.25, 0.3) is 0 Å². The zero-order valence-electron chi connectivity index (χ0n) is 14.2. The molecule has 0 aliphatic rings. The summed E-state index contributed by atoms with van der Waals surface area (Å²) in [5.74, 6) is 1.08. The Morgan fingerprint density at radius 2 is 1.87 bits per heavy atom. The predicted molar refractivity (Wildman–Crippen MR) is 105 cm³/mol. The van der Waals surface area contributed by atoms with E-state index in [1.54, 1.807) is 11.8 Å². The van der Waals surface area contributed by atoms with Gasteiger partial charge in [-0.3, -0.25) is 0 Å². The molecule has 3 N–H and O–H groups in total. The fourth-order valence-corrected chi connectivity index (χ4v) is 2.52. The Balaban J connectivity index is 0.00000264. The average molecular weight is 429 g/mol. The number of nitrogens with one attached hydrogen (secondary N) is 1. The van der Waals surface area contributed by atoms with Crippen LogP contribution in [0.25, 0.3) is 0 Å². The highest BCUT2D eigenvalue weighted by Crippen LogP contribution is 2.21. The van der Waals surface area contributed by atoms with Crippen molar-refractivity contribution in [3.8, 4) is 5.88 Å². The number of rotatable bonds is 4. The summed E-state index contributed by atoms with van der Waals surface area (Å²) in [6.45, 7) is 6.46. The molecule has 0 saturated carbocycles. The fourth-order valence-electron chi connectivity index (χ4n) is 2.52. The number of methoxy groups -OCH3 is 1. The standard InChI is InChI=1S/C16H23N5O.HI/c1-10-6-11(2)8-13(7-10)19-16(17)18-9-14-12(3)20-21(4)15(14)22-5;/h6-8H,9H2,1-5H3,(H3,17,18,19);1H. The van der Waals surface area contributed by atoms with Crippen molar-refractivity contribution in [2.24, 2.45) is 17.8 Å². The van der Waals surface area contributed by atoms with Crippen molar-refractivity contribution in [1.82, 2.24) is 9.78 Å². The van der Waals surface area contributed by atoms with Crippen molar-refractivity contribution < 1.29 is 4.74 Å². The Morgan fingerprint density at radius 1 is 1.26 bits per heavy atom. The van der Waals surface area contributed by atoms with E-state index in [0.717, 1.165) is 16.9 Å². The van der Waals surface area contributed by atoms with Crippen LogP contribution in [0.15, 0.2) is 23.2 Å². The molecule has 1 heterocycles. The quantitative estimate of drug-likeness (QED) is 0.445. The third-order valence-electron chi connectivity index (χ3n) is 3.38. The first-order valence-electron chi connectivity index (χ1n) is 7.12. The molecular weight excluding hydrogens is 405 g/mol. The Hall–Kier alpha value is -1.77. The maximum absolute atomic E-state index is 5.97. The molecule has 0 saturated heterocycles. The highest BCUT2D eigenvalue weighted by atomic mass is 127. The molecule has 0 aliphatic carbocycles. The molecule has 126 valence electrons. The lowest BCUT2D eigenvalue weighted by Crippen LogP contribution is -2.22. The summed E-state index contributed by atoms with van der Waals surface area (Å²) >= 11 is 0. The number of nitrogens with two attached hydrogens (primary N) is 1. The maximum atomic E-state index is 5.97. The highest BCUT2D eigenvalue weighted by molar-refractivity contribution is 14.0. The van der Waals surface area contributed by atoms with Crippen LogP contribution >= 0.6 is 24.0 Å². The van der Waals surface area contributed by atoms with Gasteiger partial charge in [-0.15, -0.1) is 24.0 Å². The number of hydrogen-bond acceptors (Lipinski definition) is 3. The topological polar surface area (TPSA) is 77.5 Å². The summed E-state index contributed by atoms with van der Waals surface area (Å²) in [4.78, 5) is 4.38. The summed E-state index contributed by atoms with van der Waals surface area (Å²) < 4.78 is 7.05. The van der Waals surface area contributed by atoms with Gasteiger partial charge in [0.1, 0.15) is 0 Å². The van der Waals surface area contributed by atoms with Crippen LogP contribution in [-0.4, -0.2) is 22.8 Å². The molecular formula is C16H24IN5O. The SMILES string of the molecule is COc1c(CN=C(N)Nc2cc(C)cc(C)c2)c(C)nn1C.I. The number of aryl methyl sites for hydroxylation is 4. The van der Waals surface area contributed by atoms with E-state index in [9.17, 15) is 0 Å². The molecule has 2 aromatic rings. The first-order chi connectivity index (χ1) is 10.4. The predicted octanol–water partition coefficient (Wildman–Crippen LogP) is 2.90. The first-order valence-corrected chi connectivity index (χ1v) is 7.12. The summed E-state index contributed by atoms with van der Waals surface area (Å²) in [6, 6.07) is 6.18. The van der Waals surface area contributed by atoms with Gasteiger partial charge in [-0.25, -0.2) is 9.67 Å².